The molecule has 9 heteroatoms. The predicted molar refractivity (Wildman–Crippen MR) is 129 cm³/mol. The maximum atomic E-state index is 13.5. The third-order valence-corrected chi connectivity index (χ3v) is 6.43. The molecule has 2 heterocycles. The van der Waals surface area contributed by atoms with Crippen LogP contribution in [-0.2, 0) is 11.3 Å². The largest absolute Gasteiger partial charge is 0.493 e. The fraction of sp³-hybridized carbons (Fsp3) is 0.208. The van der Waals surface area contributed by atoms with Crippen molar-refractivity contribution in [1.82, 2.24) is 9.13 Å². The summed E-state index contributed by atoms with van der Waals surface area (Å²) in [7, 11) is 3.03. The number of rotatable bonds is 6. The number of nitrogens with zero attached hydrogens (tertiary/aromatic N) is 2. The zero-order valence-electron chi connectivity index (χ0n) is 18.7. The Labute approximate surface area is 193 Å². The Morgan fingerprint density at radius 2 is 1.79 bits per heavy atom. The number of methoxy groups -OCH3 is 2. The number of thiophene rings is 1. The van der Waals surface area contributed by atoms with Crippen molar-refractivity contribution >= 4 is 33.1 Å². The molecule has 0 atom stereocenters. The van der Waals surface area contributed by atoms with Gasteiger partial charge in [0.1, 0.15) is 11.2 Å². The van der Waals surface area contributed by atoms with Crippen LogP contribution in [0.25, 0.3) is 15.9 Å². The maximum Gasteiger partial charge on any atom is 0.336 e. The van der Waals surface area contributed by atoms with Gasteiger partial charge in [-0.15, -0.1) is 11.3 Å². The molecule has 33 heavy (non-hydrogen) atoms. The van der Waals surface area contributed by atoms with E-state index in [1.807, 2.05) is 19.9 Å². The molecule has 0 aliphatic heterocycles. The second-order valence-corrected chi connectivity index (χ2v) is 8.40. The molecular formula is C24H23N3O5S. The number of anilines is 1. The summed E-state index contributed by atoms with van der Waals surface area (Å²) in [5.74, 6) is 0.589. The topological polar surface area (TPSA) is 91.6 Å². The van der Waals surface area contributed by atoms with Crippen LogP contribution in [-0.4, -0.2) is 29.3 Å². The van der Waals surface area contributed by atoms with Crippen molar-refractivity contribution in [2.45, 2.75) is 20.4 Å². The predicted octanol–water partition coefficient (Wildman–Crippen LogP) is 3.49. The Hall–Kier alpha value is -3.85. The molecule has 2 aromatic carbocycles. The zero-order valence-corrected chi connectivity index (χ0v) is 19.5. The van der Waals surface area contributed by atoms with E-state index in [2.05, 4.69) is 5.32 Å². The fourth-order valence-corrected chi connectivity index (χ4v) is 4.51. The number of carbonyl (C=O) groups is 1. The second-order valence-electron chi connectivity index (χ2n) is 7.48. The van der Waals surface area contributed by atoms with E-state index in [-0.39, 0.29) is 6.54 Å². The Balaban J connectivity index is 1.76. The van der Waals surface area contributed by atoms with Crippen LogP contribution in [0, 0.1) is 13.8 Å². The second kappa shape index (κ2) is 8.95. The van der Waals surface area contributed by atoms with E-state index in [1.54, 1.807) is 41.8 Å². The Bertz CT molecular complexity index is 1480. The summed E-state index contributed by atoms with van der Waals surface area (Å²) in [5.41, 5.74) is 2.26. The molecule has 4 rings (SSSR count). The molecule has 0 aliphatic carbocycles. The molecule has 170 valence electrons. The quantitative estimate of drug-likeness (QED) is 0.471. The molecule has 0 unspecified atom stereocenters. The standard InChI is InChI=1S/C24H23N3O5S/c1-14-6-5-7-17(15(14)2)27-23(29)22-18(10-11-33-22)26(24(27)30)13-21(28)25-16-8-9-19(31-3)20(12-16)32-4/h5-12H,13H2,1-4H3,(H,25,28). The van der Waals surface area contributed by atoms with Gasteiger partial charge in [0.15, 0.2) is 11.5 Å². The highest BCUT2D eigenvalue weighted by molar-refractivity contribution is 7.17. The highest BCUT2D eigenvalue weighted by Crippen LogP contribution is 2.29. The van der Waals surface area contributed by atoms with Crippen LogP contribution in [0.15, 0.2) is 57.4 Å². The van der Waals surface area contributed by atoms with Crippen molar-refractivity contribution in [3.05, 3.63) is 79.8 Å². The summed E-state index contributed by atoms with van der Waals surface area (Å²) < 4.78 is 13.4. The highest BCUT2D eigenvalue weighted by atomic mass is 32.1. The monoisotopic (exact) mass is 465 g/mol. The van der Waals surface area contributed by atoms with E-state index in [4.69, 9.17) is 9.47 Å². The number of hydrogen-bond donors (Lipinski definition) is 1. The number of carbonyl (C=O) groups excluding carboxylic acids is 1. The van der Waals surface area contributed by atoms with Crippen LogP contribution in [0.5, 0.6) is 11.5 Å². The Kier molecular flexibility index (Phi) is 6.06. The summed E-state index contributed by atoms with van der Waals surface area (Å²) >= 11 is 1.24. The average molecular weight is 466 g/mol. The first-order valence-electron chi connectivity index (χ1n) is 10.2. The van der Waals surface area contributed by atoms with Crippen LogP contribution < -0.4 is 26.0 Å². The first-order valence-corrected chi connectivity index (χ1v) is 11.0. The van der Waals surface area contributed by atoms with Gasteiger partial charge in [-0.25, -0.2) is 9.36 Å². The van der Waals surface area contributed by atoms with Crippen molar-refractivity contribution in [1.29, 1.82) is 0 Å². The van der Waals surface area contributed by atoms with E-state index in [0.717, 1.165) is 15.7 Å². The normalized spacial score (nSPS) is 10.9. The van der Waals surface area contributed by atoms with Gasteiger partial charge in [-0.1, -0.05) is 12.1 Å². The molecule has 0 bridgehead atoms. The van der Waals surface area contributed by atoms with Gasteiger partial charge >= 0.3 is 5.69 Å². The van der Waals surface area contributed by atoms with Gasteiger partial charge in [-0.2, -0.15) is 0 Å². The summed E-state index contributed by atoms with van der Waals surface area (Å²) in [6, 6.07) is 12.1. The van der Waals surface area contributed by atoms with Crippen LogP contribution in [0.4, 0.5) is 5.69 Å². The minimum absolute atomic E-state index is 0.258. The van der Waals surface area contributed by atoms with Gasteiger partial charge < -0.3 is 14.8 Å². The SMILES string of the molecule is COc1ccc(NC(=O)Cn2c(=O)n(-c3cccc(C)c3C)c(=O)c3sccc32)cc1OC. The lowest BCUT2D eigenvalue weighted by Crippen LogP contribution is -2.40. The lowest BCUT2D eigenvalue weighted by atomic mass is 10.1. The van der Waals surface area contributed by atoms with E-state index >= 15 is 0 Å². The van der Waals surface area contributed by atoms with E-state index in [1.165, 1.54) is 30.1 Å². The minimum Gasteiger partial charge on any atom is -0.493 e. The molecule has 0 spiro atoms. The molecular weight excluding hydrogens is 442 g/mol. The molecule has 8 nitrogen and oxygen atoms in total. The molecule has 0 aliphatic rings. The zero-order chi connectivity index (χ0) is 23.7. The van der Waals surface area contributed by atoms with Gasteiger partial charge in [0.25, 0.3) is 5.56 Å². The summed E-state index contributed by atoms with van der Waals surface area (Å²) in [6.45, 7) is 3.53. The molecule has 2 aromatic heterocycles. The molecule has 4 aromatic rings. The van der Waals surface area contributed by atoms with Gasteiger partial charge in [0.2, 0.25) is 5.91 Å². The number of aromatic nitrogens is 2. The van der Waals surface area contributed by atoms with Crippen molar-refractivity contribution < 1.29 is 14.3 Å². The third kappa shape index (κ3) is 4.03. The summed E-state index contributed by atoms with van der Waals surface area (Å²) in [6.07, 6.45) is 0. The minimum atomic E-state index is -0.568. The lowest BCUT2D eigenvalue weighted by molar-refractivity contribution is -0.116. The van der Waals surface area contributed by atoms with Crippen LogP contribution >= 0.6 is 11.3 Å². The Morgan fingerprint density at radius 3 is 2.52 bits per heavy atom. The number of ether oxygens (including phenoxy) is 2. The van der Waals surface area contributed by atoms with E-state index < -0.39 is 17.2 Å². The van der Waals surface area contributed by atoms with Crippen molar-refractivity contribution in [3.8, 4) is 17.2 Å². The van der Waals surface area contributed by atoms with Gasteiger partial charge in [-0.3, -0.25) is 14.2 Å². The van der Waals surface area contributed by atoms with Crippen LogP contribution in [0.1, 0.15) is 11.1 Å². The summed E-state index contributed by atoms with van der Waals surface area (Å²) in [4.78, 5) is 39.5. The molecule has 0 saturated heterocycles. The van der Waals surface area contributed by atoms with Crippen LogP contribution in [0.3, 0.4) is 0 Å². The maximum absolute atomic E-state index is 13.5. The fourth-order valence-electron chi connectivity index (χ4n) is 3.69. The van der Waals surface area contributed by atoms with Gasteiger partial charge in [0.05, 0.1) is 25.4 Å². The number of amides is 1. The molecule has 1 amide bonds. The van der Waals surface area contributed by atoms with Gasteiger partial charge in [-0.05, 0) is 54.6 Å². The average Bonchev–Trinajstić information content (AvgIpc) is 3.29. The number of fused-ring (bicyclic) bond motifs is 1. The number of aryl methyl sites for hydroxylation is 1. The first kappa shape index (κ1) is 22.3. The molecule has 0 radical (unpaired) electrons. The van der Waals surface area contributed by atoms with Crippen molar-refractivity contribution in [2.24, 2.45) is 0 Å². The first-order chi connectivity index (χ1) is 15.8. The van der Waals surface area contributed by atoms with Crippen molar-refractivity contribution in [3.63, 3.8) is 0 Å². The molecule has 0 fully saturated rings. The lowest BCUT2D eigenvalue weighted by Gasteiger charge is -2.15. The number of benzene rings is 2. The Morgan fingerprint density at radius 1 is 1.03 bits per heavy atom. The number of hydrogen-bond acceptors (Lipinski definition) is 6. The molecule has 0 saturated carbocycles. The van der Waals surface area contributed by atoms with Gasteiger partial charge in [0, 0.05) is 11.8 Å². The smallest absolute Gasteiger partial charge is 0.336 e. The third-order valence-electron chi connectivity index (χ3n) is 5.54. The highest BCUT2D eigenvalue weighted by Gasteiger charge is 2.19. The van der Waals surface area contributed by atoms with E-state index in [0.29, 0.717) is 33.1 Å². The van der Waals surface area contributed by atoms with Crippen molar-refractivity contribution in [2.75, 3.05) is 19.5 Å². The summed E-state index contributed by atoms with van der Waals surface area (Å²) in [5, 5.41) is 4.51. The molecule has 1 N–H and O–H groups in total. The van der Waals surface area contributed by atoms with E-state index in [9.17, 15) is 14.4 Å². The number of nitrogens with one attached hydrogen (secondary N) is 1. The van der Waals surface area contributed by atoms with Crippen LogP contribution in [0.2, 0.25) is 0 Å².